The largest absolute Gasteiger partial charge is 0.494 e. The maximum absolute atomic E-state index is 9.10. The number of ether oxygens (including phenoxy) is 1. The number of piperazine rings is 1. The fourth-order valence-electron chi connectivity index (χ4n) is 2.27. The summed E-state index contributed by atoms with van der Waals surface area (Å²) in [7, 11) is 2.18. The van der Waals surface area contributed by atoms with E-state index in [9.17, 15) is 0 Å². The highest BCUT2D eigenvalue weighted by Crippen LogP contribution is 2.26. The van der Waals surface area contributed by atoms with Crippen LogP contribution in [0.4, 0.5) is 0 Å². The number of aliphatic carboxylic acids is 2. The van der Waals surface area contributed by atoms with E-state index in [0.29, 0.717) is 10.0 Å². The van der Waals surface area contributed by atoms with Crippen molar-refractivity contribution in [1.82, 2.24) is 9.80 Å². The van der Waals surface area contributed by atoms with Crippen molar-refractivity contribution in [2.75, 3.05) is 46.4 Å². The standard InChI is InChI=1S/C15H22Cl2N2O.C2H2O4/c1-18-7-9-19(10-8-18)6-2-3-11-20-13-4-5-14(16)15(17)12-13;3-1(4)2(5)6/h4-5,12H,2-3,6-11H2,1H3;(H,3,4)(H,5,6). The van der Waals surface area contributed by atoms with E-state index in [1.165, 1.54) is 39.1 Å². The monoisotopic (exact) mass is 406 g/mol. The van der Waals surface area contributed by atoms with Crippen LogP contribution in [0.5, 0.6) is 5.75 Å². The van der Waals surface area contributed by atoms with Crippen molar-refractivity contribution < 1.29 is 24.5 Å². The summed E-state index contributed by atoms with van der Waals surface area (Å²) in [6.07, 6.45) is 2.23. The van der Waals surface area contributed by atoms with Crippen molar-refractivity contribution >= 4 is 35.1 Å². The first kappa shape index (κ1) is 22.5. The zero-order valence-electron chi connectivity index (χ0n) is 14.7. The van der Waals surface area contributed by atoms with Crippen LogP contribution < -0.4 is 4.74 Å². The van der Waals surface area contributed by atoms with E-state index in [0.717, 1.165) is 18.8 Å². The Morgan fingerprint density at radius 3 is 2.19 bits per heavy atom. The smallest absolute Gasteiger partial charge is 0.414 e. The van der Waals surface area contributed by atoms with Crippen LogP contribution in [0.2, 0.25) is 10.0 Å². The lowest BCUT2D eigenvalue weighted by Gasteiger charge is -2.32. The van der Waals surface area contributed by atoms with E-state index in [1.54, 1.807) is 12.1 Å². The zero-order valence-corrected chi connectivity index (χ0v) is 16.2. The molecule has 1 fully saturated rings. The maximum atomic E-state index is 9.10. The number of nitrogens with zero attached hydrogens (tertiary/aromatic N) is 2. The zero-order chi connectivity index (χ0) is 19.5. The molecule has 2 rings (SSSR count). The average molecular weight is 407 g/mol. The molecule has 7 nitrogen and oxygen atoms in total. The highest BCUT2D eigenvalue weighted by atomic mass is 35.5. The summed E-state index contributed by atoms with van der Waals surface area (Å²) >= 11 is 11.8. The van der Waals surface area contributed by atoms with Crippen LogP contribution in [-0.2, 0) is 9.59 Å². The quantitative estimate of drug-likeness (QED) is 0.553. The predicted molar refractivity (Wildman–Crippen MR) is 100 cm³/mol. The molecule has 146 valence electrons. The van der Waals surface area contributed by atoms with E-state index >= 15 is 0 Å². The van der Waals surface area contributed by atoms with Crippen molar-refractivity contribution in [3.63, 3.8) is 0 Å². The molecule has 1 saturated heterocycles. The maximum Gasteiger partial charge on any atom is 0.414 e. The minimum Gasteiger partial charge on any atom is -0.494 e. The van der Waals surface area contributed by atoms with Crippen molar-refractivity contribution in [2.24, 2.45) is 0 Å². The Morgan fingerprint density at radius 2 is 1.65 bits per heavy atom. The Morgan fingerprint density at radius 1 is 1.04 bits per heavy atom. The molecule has 9 heteroatoms. The predicted octanol–water partition coefficient (Wildman–Crippen LogP) is 2.56. The summed E-state index contributed by atoms with van der Waals surface area (Å²) < 4.78 is 5.68. The third-order valence-electron chi connectivity index (χ3n) is 3.81. The van der Waals surface area contributed by atoms with Gasteiger partial charge in [-0.1, -0.05) is 23.2 Å². The molecule has 0 unspecified atom stereocenters. The number of halogens is 2. The second-order valence-corrected chi connectivity index (χ2v) is 6.70. The number of carboxylic acid groups (broad SMARTS) is 2. The fourth-order valence-corrected chi connectivity index (χ4v) is 2.55. The fraction of sp³-hybridized carbons (Fsp3) is 0.529. The summed E-state index contributed by atoms with van der Waals surface area (Å²) in [4.78, 5) is 23.1. The molecule has 2 N–H and O–H groups in total. The molecule has 0 aromatic heterocycles. The highest BCUT2D eigenvalue weighted by Gasteiger charge is 2.12. The molecule has 26 heavy (non-hydrogen) atoms. The van der Waals surface area contributed by atoms with Crippen LogP contribution in [0, 0.1) is 0 Å². The van der Waals surface area contributed by atoms with Crippen LogP contribution in [-0.4, -0.2) is 78.3 Å². The Hall–Kier alpha value is -1.54. The van der Waals surface area contributed by atoms with Crippen LogP contribution in [0.1, 0.15) is 12.8 Å². The molecule has 0 bridgehead atoms. The molecule has 0 atom stereocenters. The molecule has 1 aromatic carbocycles. The van der Waals surface area contributed by atoms with Gasteiger partial charge in [0.1, 0.15) is 5.75 Å². The SMILES string of the molecule is CN1CCN(CCCCOc2ccc(Cl)c(Cl)c2)CC1.O=C(O)C(=O)O. The third-order valence-corrected chi connectivity index (χ3v) is 4.55. The first-order valence-electron chi connectivity index (χ1n) is 8.24. The van der Waals surface area contributed by atoms with Crippen molar-refractivity contribution in [3.8, 4) is 5.75 Å². The second kappa shape index (κ2) is 12.0. The molecule has 1 aliphatic heterocycles. The first-order valence-corrected chi connectivity index (χ1v) is 9.00. The number of unbranched alkanes of at least 4 members (excludes halogenated alkanes) is 1. The molecular formula is C17H24Cl2N2O5. The Labute approximate surface area is 163 Å². The van der Waals surface area contributed by atoms with E-state index in [2.05, 4.69) is 16.8 Å². The van der Waals surface area contributed by atoms with Crippen LogP contribution in [0.25, 0.3) is 0 Å². The van der Waals surface area contributed by atoms with Crippen molar-refractivity contribution in [3.05, 3.63) is 28.2 Å². The molecule has 0 spiro atoms. The Balaban J connectivity index is 0.000000487. The summed E-state index contributed by atoms with van der Waals surface area (Å²) in [6.45, 7) is 6.62. The molecule has 1 aromatic rings. The topological polar surface area (TPSA) is 90.3 Å². The van der Waals surface area contributed by atoms with Gasteiger partial charge >= 0.3 is 11.9 Å². The number of hydrogen-bond acceptors (Lipinski definition) is 5. The number of rotatable bonds is 6. The summed E-state index contributed by atoms with van der Waals surface area (Å²) in [5.41, 5.74) is 0. The average Bonchev–Trinajstić information content (AvgIpc) is 2.60. The number of hydrogen-bond donors (Lipinski definition) is 2. The molecule has 1 aliphatic rings. The van der Waals surface area contributed by atoms with Gasteiger partial charge in [0.15, 0.2) is 0 Å². The van der Waals surface area contributed by atoms with Gasteiger partial charge in [-0.05, 0) is 38.6 Å². The number of carbonyl (C=O) groups is 2. The van der Waals surface area contributed by atoms with E-state index in [-0.39, 0.29) is 0 Å². The number of benzene rings is 1. The van der Waals surface area contributed by atoms with Crippen LogP contribution >= 0.6 is 23.2 Å². The van der Waals surface area contributed by atoms with Crippen LogP contribution in [0.3, 0.4) is 0 Å². The molecule has 0 radical (unpaired) electrons. The van der Waals surface area contributed by atoms with Gasteiger partial charge in [-0.3, -0.25) is 0 Å². The minimum atomic E-state index is -1.82. The van der Waals surface area contributed by atoms with Gasteiger partial charge in [-0.25, -0.2) is 9.59 Å². The lowest BCUT2D eigenvalue weighted by atomic mass is 10.2. The Kier molecular flexibility index (Phi) is 10.3. The van der Waals surface area contributed by atoms with Gasteiger partial charge in [0.2, 0.25) is 0 Å². The molecule has 0 amide bonds. The Bertz CT molecular complexity index is 581. The summed E-state index contributed by atoms with van der Waals surface area (Å²) in [5, 5.41) is 15.9. The third kappa shape index (κ3) is 9.24. The number of likely N-dealkylation sites (N-methyl/N-ethyl adjacent to an activating group) is 1. The van der Waals surface area contributed by atoms with Crippen molar-refractivity contribution in [1.29, 1.82) is 0 Å². The first-order chi connectivity index (χ1) is 12.3. The molecule has 0 saturated carbocycles. The molecule has 0 aliphatic carbocycles. The normalized spacial score (nSPS) is 15.0. The lowest BCUT2D eigenvalue weighted by molar-refractivity contribution is -0.159. The van der Waals surface area contributed by atoms with Crippen LogP contribution in [0.15, 0.2) is 18.2 Å². The van der Waals surface area contributed by atoms with Gasteiger partial charge in [-0.15, -0.1) is 0 Å². The summed E-state index contributed by atoms with van der Waals surface area (Å²) in [5.74, 6) is -2.86. The van der Waals surface area contributed by atoms with Gasteiger partial charge in [0, 0.05) is 32.2 Å². The minimum absolute atomic E-state index is 0.543. The molecular weight excluding hydrogens is 383 g/mol. The van der Waals surface area contributed by atoms with Gasteiger partial charge in [0.05, 0.1) is 16.7 Å². The van der Waals surface area contributed by atoms with Gasteiger partial charge in [-0.2, -0.15) is 0 Å². The van der Waals surface area contributed by atoms with E-state index < -0.39 is 11.9 Å². The lowest BCUT2D eigenvalue weighted by Crippen LogP contribution is -2.44. The summed E-state index contributed by atoms with van der Waals surface area (Å²) in [6, 6.07) is 5.39. The van der Waals surface area contributed by atoms with Gasteiger partial charge in [0.25, 0.3) is 0 Å². The number of carboxylic acids is 2. The highest BCUT2D eigenvalue weighted by molar-refractivity contribution is 6.42. The van der Waals surface area contributed by atoms with Gasteiger partial charge < -0.3 is 24.7 Å². The van der Waals surface area contributed by atoms with Crippen molar-refractivity contribution in [2.45, 2.75) is 12.8 Å². The van der Waals surface area contributed by atoms with E-state index in [4.69, 9.17) is 47.7 Å². The van der Waals surface area contributed by atoms with E-state index in [1.807, 2.05) is 6.07 Å². The second-order valence-electron chi connectivity index (χ2n) is 5.89. The molecule has 1 heterocycles.